The monoisotopic (exact) mass is 482 g/mol. The van der Waals surface area contributed by atoms with E-state index in [2.05, 4.69) is 11.9 Å². The Morgan fingerprint density at radius 2 is 2.03 bits per heavy atom. The second-order valence-electron chi connectivity index (χ2n) is 7.18. The Kier molecular flexibility index (Phi) is 6.78. The van der Waals surface area contributed by atoms with Crippen molar-refractivity contribution in [1.82, 2.24) is 9.55 Å². The van der Waals surface area contributed by atoms with Crippen molar-refractivity contribution < 1.29 is 4.79 Å². The molecule has 0 aliphatic rings. The first kappa shape index (κ1) is 22.3. The summed E-state index contributed by atoms with van der Waals surface area (Å²) in [5, 5.41) is 7.99. The number of nitrogens with zero attached hydrogens (tertiary/aromatic N) is 3. The third-order valence-corrected chi connectivity index (χ3v) is 7.51. The number of nitrogens with one attached hydrogen (secondary N) is 1. The number of anilines is 2. The molecule has 0 aliphatic heterocycles. The summed E-state index contributed by atoms with van der Waals surface area (Å²) in [6.07, 6.45) is 1.67. The molecule has 0 saturated heterocycles. The lowest BCUT2D eigenvalue weighted by Gasteiger charge is -2.13. The highest BCUT2D eigenvalue weighted by molar-refractivity contribution is 7.99. The summed E-state index contributed by atoms with van der Waals surface area (Å²) in [6.45, 7) is 4.10. The van der Waals surface area contributed by atoms with Gasteiger partial charge in [0, 0.05) is 47.8 Å². The lowest BCUT2D eigenvalue weighted by atomic mass is 10.2. The maximum atomic E-state index is 13.3. The zero-order valence-corrected chi connectivity index (χ0v) is 20.1. The molecule has 1 amide bonds. The molecule has 3 heterocycles. The number of carbonyl (C=O) groups excluding carboxylic acids is 1. The number of hydrogen-bond acceptors (Lipinski definition) is 7. The van der Waals surface area contributed by atoms with Gasteiger partial charge in [-0.25, -0.2) is 4.98 Å². The molecule has 0 atom stereocenters. The van der Waals surface area contributed by atoms with Gasteiger partial charge >= 0.3 is 0 Å². The van der Waals surface area contributed by atoms with Crippen LogP contribution in [0.1, 0.15) is 0 Å². The number of carbonyl (C=O) groups is 1. The molecule has 0 aliphatic carbocycles. The van der Waals surface area contributed by atoms with Crippen molar-refractivity contribution >= 4 is 61.9 Å². The van der Waals surface area contributed by atoms with Gasteiger partial charge in [-0.05, 0) is 35.7 Å². The zero-order chi connectivity index (χ0) is 22.7. The molecule has 6 nitrogen and oxygen atoms in total. The molecular weight excluding hydrogens is 460 g/mol. The molecule has 0 radical (unpaired) electrons. The molecule has 1 N–H and O–H groups in total. The van der Waals surface area contributed by atoms with E-state index in [0.29, 0.717) is 21.9 Å². The number of benzene rings is 1. The van der Waals surface area contributed by atoms with E-state index in [1.165, 1.54) is 23.1 Å². The Hall–Kier alpha value is -2.88. The van der Waals surface area contributed by atoms with Crippen molar-refractivity contribution in [1.29, 1.82) is 0 Å². The van der Waals surface area contributed by atoms with Crippen LogP contribution in [0.4, 0.5) is 11.4 Å². The molecule has 0 spiro atoms. The fraction of sp³-hybridized carbons (Fsp3) is 0.174. The van der Waals surface area contributed by atoms with E-state index in [-0.39, 0.29) is 17.2 Å². The molecule has 3 aromatic heterocycles. The highest BCUT2D eigenvalue weighted by Crippen LogP contribution is 2.34. The van der Waals surface area contributed by atoms with Gasteiger partial charge in [0.15, 0.2) is 5.16 Å². The van der Waals surface area contributed by atoms with Gasteiger partial charge < -0.3 is 10.2 Å². The third-order valence-electron chi connectivity index (χ3n) is 4.76. The average molecular weight is 483 g/mol. The molecular formula is C23H22N4O2S3. The molecule has 4 aromatic rings. The molecule has 0 saturated carbocycles. The maximum absolute atomic E-state index is 13.3. The fourth-order valence-electron chi connectivity index (χ4n) is 3.19. The van der Waals surface area contributed by atoms with Gasteiger partial charge in [-0.1, -0.05) is 23.9 Å². The molecule has 9 heteroatoms. The first-order chi connectivity index (χ1) is 15.5. The van der Waals surface area contributed by atoms with Crippen LogP contribution in [-0.4, -0.2) is 35.3 Å². The standard InChI is InChI=1S/C23H22N4O2S3/c1-4-11-27-22(29)20-17(18-6-5-12-30-18)13-31-21(20)25-23(27)32-14-19(28)24-15-7-9-16(10-8-15)26(2)3/h4-10,12-13H,1,11,14H2,2-3H3,(H,24,28). The number of thiophene rings is 2. The maximum Gasteiger partial charge on any atom is 0.263 e. The minimum absolute atomic E-state index is 0.110. The third kappa shape index (κ3) is 4.64. The van der Waals surface area contributed by atoms with E-state index >= 15 is 0 Å². The molecule has 0 unspecified atom stereocenters. The summed E-state index contributed by atoms with van der Waals surface area (Å²) in [7, 11) is 3.93. The number of rotatable bonds is 8. The highest BCUT2D eigenvalue weighted by atomic mass is 32.2. The second-order valence-corrected chi connectivity index (χ2v) is 9.93. The van der Waals surface area contributed by atoms with Crippen LogP contribution >= 0.6 is 34.4 Å². The van der Waals surface area contributed by atoms with E-state index < -0.39 is 0 Å². The minimum Gasteiger partial charge on any atom is -0.378 e. The molecule has 4 rings (SSSR count). The first-order valence-corrected chi connectivity index (χ1v) is 12.6. The Labute approximate surface area is 198 Å². The summed E-state index contributed by atoms with van der Waals surface area (Å²) in [4.78, 5) is 34.2. The summed E-state index contributed by atoms with van der Waals surface area (Å²) < 4.78 is 1.59. The van der Waals surface area contributed by atoms with E-state index in [9.17, 15) is 9.59 Å². The van der Waals surface area contributed by atoms with Crippen molar-refractivity contribution in [2.45, 2.75) is 11.7 Å². The van der Waals surface area contributed by atoms with Crippen molar-refractivity contribution in [3.63, 3.8) is 0 Å². The van der Waals surface area contributed by atoms with Crippen molar-refractivity contribution in [2.75, 3.05) is 30.1 Å². The minimum atomic E-state index is -0.155. The summed E-state index contributed by atoms with van der Waals surface area (Å²) >= 11 is 4.29. The normalized spacial score (nSPS) is 10.9. The highest BCUT2D eigenvalue weighted by Gasteiger charge is 2.18. The number of allylic oxidation sites excluding steroid dienone is 1. The van der Waals surface area contributed by atoms with Gasteiger partial charge in [-0.2, -0.15) is 0 Å². The van der Waals surface area contributed by atoms with Crippen molar-refractivity contribution in [2.24, 2.45) is 0 Å². The molecule has 164 valence electrons. The quantitative estimate of drug-likeness (QED) is 0.213. The fourth-order valence-corrected chi connectivity index (χ4v) is 5.80. The molecule has 32 heavy (non-hydrogen) atoms. The van der Waals surface area contributed by atoms with Gasteiger partial charge in [0.1, 0.15) is 4.83 Å². The van der Waals surface area contributed by atoms with Crippen LogP contribution in [0.25, 0.3) is 20.7 Å². The average Bonchev–Trinajstić information content (AvgIpc) is 3.44. The number of thioether (sulfide) groups is 1. The topological polar surface area (TPSA) is 67.2 Å². The van der Waals surface area contributed by atoms with Crippen molar-refractivity contribution in [3.05, 3.63) is 70.2 Å². The van der Waals surface area contributed by atoms with Crippen LogP contribution in [0.15, 0.2) is 69.8 Å². The lowest BCUT2D eigenvalue weighted by Crippen LogP contribution is -2.23. The smallest absolute Gasteiger partial charge is 0.263 e. The SMILES string of the molecule is C=CCn1c(SCC(=O)Nc2ccc(N(C)C)cc2)nc2scc(-c3cccs3)c2c1=O. The van der Waals surface area contributed by atoms with E-state index in [0.717, 1.165) is 21.8 Å². The van der Waals surface area contributed by atoms with Gasteiger partial charge in [-0.15, -0.1) is 29.3 Å². The predicted octanol–water partition coefficient (Wildman–Crippen LogP) is 5.17. The molecule has 0 fully saturated rings. The Bertz CT molecular complexity index is 1310. The number of amides is 1. The van der Waals surface area contributed by atoms with Crippen LogP contribution in [0.2, 0.25) is 0 Å². The summed E-state index contributed by atoms with van der Waals surface area (Å²) in [5.74, 6) is -0.00853. The van der Waals surface area contributed by atoms with Gasteiger partial charge in [0.2, 0.25) is 5.91 Å². The number of aromatic nitrogens is 2. The van der Waals surface area contributed by atoms with Crippen LogP contribution < -0.4 is 15.8 Å². The van der Waals surface area contributed by atoms with Crippen LogP contribution in [-0.2, 0) is 11.3 Å². The van der Waals surface area contributed by atoms with Crippen LogP contribution in [0, 0.1) is 0 Å². The zero-order valence-electron chi connectivity index (χ0n) is 17.7. The largest absolute Gasteiger partial charge is 0.378 e. The van der Waals surface area contributed by atoms with Gasteiger partial charge in [-0.3, -0.25) is 14.2 Å². The van der Waals surface area contributed by atoms with E-state index in [1.54, 1.807) is 22.0 Å². The number of hydrogen-bond donors (Lipinski definition) is 1. The Morgan fingerprint density at radius 3 is 2.69 bits per heavy atom. The van der Waals surface area contributed by atoms with Crippen molar-refractivity contribution in [3.8, 4) is 10.4 Å². The summed E-state index contributed by atoms with van der Waals surface area (Å²) in [6, 6.07) is 11.6. The van der Waals surface area contributed by atoms with E-state index in [1.807, 2.05) is 66.2 Å². The number of fused-ring (bicyclic) bond motifs is 1. The van der Waals surface area contributed by atoms with E-state index in [4.69, 9.17) is 4.98 Å². The molecule has 0 bridgehead atoms. The molecule has 1 aromatic carbocycles. The second kappa shape index (κ2) is 9.72. The Morgan fingerprint density at radius 1 is 1.25 bits per heavy atom. The van der Waals surface area contributed by atoms with Gasteiger partial charge in [0.25, 0.3) is 5.56 Å². The van der Waals surface area contributed by atoms with Crippen LogP contribution in [0.5, 0.6) is 0 Å². The lowest BCUT2D eigenvalue weighted by molar-refractivity contribution is -0.113. The predicted molar refractivity (Wildman–Crippen MR) is 138 cm³/mol. The first-order valence-electron chi connectivity index (χ1n) is 9.84. The Balaban J connectivity index is 1.56. The summed E-state index contributed by atoms with van der Waals surface area (Å²) in [5.41, 5.74) is 2.58. The van der Waals surface area contributed by atoms with Gasteiger partial charge in [0.05, 0.1) is 11.1 Å². The van der Waals surface area contributed by atoms with Crippen LogP contribution in [0.3, 0.4) is 0 Å².